The van der Waals surface area contributed by atoms with Gasteiger partial charge in [0.2, 0.25) is 0 Å². The molecule has 0 radical (unpaired) electrons. The van der Waals surface area contributed by atoms with E-state index in [1.54, 1.807) is 13.8 Å². The van der Waals surface area contributed by atoms with Gasteiger partial charge in [-0.05, 0) is 13.3 Å². The van der Waals surface area contributed by atoms with Crippen LogP contribution in [0.25, 0.3) is 0 Å². The van der Waals surface area contributed by atoms with Gasteiger partial charge in [-0.25, -0.2) is 8.42 Å². The quantitative estimate of drug-likeness (QED) is 0.685. The molecule has 0 aromatic rings. The lowest BCUT2D eigenvalue weighted by Crippen LogP contribution is -2.38. The molecule has 68 valence electrons. The maximum Gasteiger partial charge on any atom is 0.154 e. The van der Waals surface area contributed by atoms with E-state index in [0.29, 0.717) is 6.42 Å². The molecule has 0 fully saturated rings. The maximum atomic E-state index is 11.3. The Bertz CT molecular complexity index is 196. The molecule has 0 unspecified atom stereocenters. The van der Waals surface area contributed by atoms with Crippen molar-refractivity contribution in [2.24, 2.45) is 5.73 Å². The summed E-state index contributed by atoms with van der Waals surface area (Å²) in [6.07, 6.45) is 0.605. The van der Waals surface area contributed by atoms with Gasteiger partial charge in [0.15, 0.2) is 9.84 Å². The highest BCUT2D eigenvalue weighted by Gasteiger charge is 2.24. The summed E-state index contributed by atoms with van der Waals surface area (Å²) < 4.78 is 22.6. The Balaban J connectivity index is 4.51. The standard InChI is InChI=1S/C7H17NO2S/c1-4-7(6(3)8)11(9,10)5-2/h6-7H,4-5,8H2,1-3H3/t6-,7+/m0/s1. The maximum absolute atomic E-state index is 11.3. The largest absolute Gasteiger partial charge is 0.327 e. The van der Waals surface area contributed by atoms with Gasteiger partial charge in [-0.1, -0.05) is 13.8 Å². The van der Waals surface area contributed by atoms with Gasteiger partial charge in [-0.2, -0.15) is 0 Å². The zero-order valence-electron chi connectivity index (χ0n) is 7.37. The topological polar surface area (TPSA) is 60.2 Å². The Morgan fingerprint density at radius 1 is 1.36 bits per heavy atom. The van der Waals surface area contributed by atoms with Crippen LogP contribution in [0, 0.1) is 0 Å². The van der Waals surface area contributed by atoms with E-state index >= 15 is 0 Å². The monoisotopic (exact) mass is 179 g/mol. The highest BCUT2D eigenvalue weighted by molar-refractivity contribution is 7.92. The van der Waals surface area contributed by atoms with Gasteiger partial charge in [-0.15, -0.1) is 0 Å². The number of hydrogen-bond donors (Lipinski definition) is 1. The van der Waals surface area contributed by atoms with Crippen molar-refractivity contribution in [2.45, 2.75) is 38.5 Å². The normalized spacial score (nSPS) is 17.8. The third-order valence-electron chi connectivity index (χ3n) is 1.85. The molecule has 0 saturated carbocycles. The Labute approximate surface area is 68.9 Å². The number of sulfone groups is 1. The third kappa shape index (κ3) is 2.79. The first-order valence-corrected chi connectivity index (χ1v) is 5.64. The first-order chi connectivity index (χ1) is 4.95. The van der Waals surface area contributed by atoms with E-state index in [0.717, 1.165) is 0 Å². The Kier molecular flexibility index (Phi) is 4.03. The average Bonchev–Trinajstić information content (AvgIpc) is 1.88. The molecule has 0 saturated heterocycles. The second kappa shape index (κ2) is 4.07. The molecule has 4 heteroatoms. The van der Waals surface area contributed by atoms with E-state index in [4.69, 9.17) is 5.73 Å². The number of nitrogens with two attached hydrogens (primary N) is 1. The fourth-order valence-corrected chi connectivity index (χ4v) is 2.76. The minimum atomic E-state index is -2.93. The molecule has 0 aromatic heterocycles. The van der Waals surface area contributed by atoms with Crippen LogP contribution in [0.3, 0.4) is 0 Å². The minimum Gasteiger partial charge on any atom is -0.327 e. The van der Waals surface area contributed by atoms with Crippen LogP contribution >= 0.6 is 0 Å². The SMILES string of the molecule is CC[C@H]([C@H](C)N)S(=O)(=O)CC. The van der Waals surface area contributed by atoms with Crippen molar-refractivity contribution in [3.8, 4) is 0 Å². The molecule has 0 aliphatic carbocycles. The van der Waals surface area contributed by atoms with Crippen molar-refractivity contribution in [3.05, 3.63) is 0 Å². The van der Waals surface area contributed by atoms with E-state index in [-0.39, 0.29) is 17.0 Å². The zero-order chi connectivity index (χ0) is 9.07. The third-order valence-corrected chi connectivity index (χ3v) is 4.34. The van der Waals surface area contributed by atoms with E-state index in [9.17, 15) is 8.42 Å². The molecule has 0 aliphatic heterocycles. The van der Waals surface area contributed by atoms with Crippen molar-refractivity contribution >= 4 is 9.84 Å². The molecule has 0 rings (SSSR count). The van der Waals surface area contributed by atoms with Gasteiger partial charge in [0.05, 0.1) is 5.25 Å². The van der Waals surface area contributed by atoms with Gasteiger partial charge in [0, 0.05) is 11.8 Å². The van der Waals surface area contributed by atoms with Crippen LogP contribution in [-0.2, 0) is 9.84 Å². The van der Waals surface area contributed by atoms with Crippen LogP contribution in [0.1, 0.15) is 27.2 Å². The molecule has 11 heavy (non-hydrogen) atoms. The molecule has 0 amide bonds. The van der Waals surface area contributed by atoms with Crippen molar-refractivity contribution < 1.29 is 8.42 Å². The molecule has 2 atom stereocenters. The van der Waals surface area contributed by atoms with Crippen LogP contribution in [0.4, 0.5) is 0 Å². The van der Waals surface area contributed by atoms with Crippen molar-refractivity contribution in [2.75, 3.05) is 5.75 Å². The van der Waals surface area contributed by atoms with Crippen LogP contribution in [0.2, 0.25) is 0 Å². The fraction of sp³-hybridized carbons (Fsp3) is 1.00. The predicted octanol–water partition coefficient (Wildman–Crippen LogP) is 0.547. The van der Waals surface area contributed by atoms with E-state index < -0.39 is 9.84 Å². The summed E-state index contributed by atoms with van der Waals surface area (Å²) in [4.78, 5) is 0. The second-order valence-corrected chi connectivity index (χ2v) is 5.27. The fourth-order valence-electron chi connectivity index (χ4n) is 1.17. The molecular formula is C7H17NO2S. The smallest absolute Gasteiger partial charge is 0.154 e. The average molecular weight is 179 g/mol. The van der Waals surface area contributed by atoms with E-state index in [2.05, 4.69) is 0 Å². The molecule has 3 nitrogen and oxygen atoms in total. The number of hydrogen-bond acceptors (Lipinski definition) is 3. The first-order valence-electron chi connectivity index (χ1n) is 3.92. The van der Waals surface area contributed by atoms with Gasteiger partial charge in [0.1, 0.15) is 0 Å². The second-order valence-electron chi connectivity index (χ2n) is 2.76. The summed E-state index contributed by atoms with van der Waals surface area (Å²) in [6, 6.07) is -0.259. The van der Waals surface area contributed by atoms with E-state index in [1.165, 1.54) is 0 Å². The molecule has 0 heterocycles. The van der Waals surface area contributed by atoms with Crippen molar-refractivity contribution in [3.63, 3.8) is 0 Å². The molecular weight excluding hydrogens is 162 g/mol. The minimum absolute atomic E-state index is 0.188. The summed E-state index contributed by atoms with van der Waals surface area (Å²) >= 11 is 0. The lowest BCUT2D eigenvalue weighted by atomic mass is 10.2. The lowest BCUT2D eigenvalue weighted by molar-refractivity contribution is 0.554. The lowest BCUT2D eigenvalue weighted by Gasteiger charge is -2.17. The predicted molar refractivity (Wildman–Crippen MR) is 47.2 cm³/mol. The summed E-state index contributed by atoms with van der Waals surface area (Å²) in [6.45, 7) is 5.24. The highest BCUT2D eigenvalue weighted by Crippen LogP contribution is 2.09. The van der Waals surface area contributed by atoms with Gasteiger partial charge >= 0.3 is 0 Å². The summed E-state index contributed by atoms with van der Waals surface area (Å²) in [7, 11) is -2.93. The van der Waals surface area contributed by atoms with E-state index in [1.807, 2.05) is 6.92 Å². The summed E-state index contributed by atoms with van der Waals surface area (Å²) in [5.74, 6) is 0.188. The zero-order valence-corrected chi connectivity index (χ0v) is 8.19. The van der Waals surface area contributed by atoms with Gasteiger partial charge < -0.3 is 5.73 Å². The molecule has 0 bridgehead atoms. The molecule has 0 spiro atoms. The summed E-state index contributed by atoms with van der Waals surface area (Å²) in [5.41, 5.74) is 5.53. The van der Waals surface area contributed by atoms with Crippen LogP contribution in [0.15, 0.2) is 0 Å². The molecule has 0 aliphatic rings. The van der Waals surface area contributed by atoms with Gasteiger partial charge in [-0.3, -0.25) is 0 Å². The molecule has 0 aromatic carbocycles. The van der Waals surface area contributed by atoms with Crippen LogP contribution < -0.4 is 5.73 Å². The van der Waals surface area contributed by atoms with Gasteiger partial charge in [0.25, 0.3) is 0 Å². The van der Waals surface area contributed by atoms with Crippen LogP contribution in [-0.4, -0.2) is 25.5 Å². The Morgan fingerprint density at radius 3 is 1.91 bits per heavy atom. The number of rotatable bonds is 4. The van der Waals surface area contributed by atoms with Crippen molar-refractivity contribution in [1.82, 2.24) is 0 Å². The Hall–Kier alpha value is -0.0900. The highest BCUT2D eigenvalue weighted by atomic mass is 32.2. The Morgan fingerprint density at radius 2 is 1.82 bits per heavy atom. The first kappa shape index (κ1) is 10.9. The van der Waals surface area contributed by atoms with Crippen molar-refractivity contribution in [1.29, 1.82) is 0 Å². The molecule has 2 N–H and O–H groups in total. The van der Waals surface area contributed by atoms with Crippen LogP contribution in [0.5, 0.6) is 0 Å². The summed E-state index contributed by atoms with van der Waals surface area (Å²) in [5, 5.41) is -0.368.